The maximum atomic E-state index is 13.3. The second kappa shape index (κ2) is 8.50. The summed E-state index contributed by atoms with van der Waals surface area (Å²) < 4.78 is 20.6. The van der Waals surface area contributed by atoms with Crippen LogP contribution in [0, 0.1) is 5.82 Å². The van der Waals surface area contributed by atoms with Gasteiger partial charge in [0.1, 0.15) is 11.6 Å². The second-order valence-electron chi connectivity index (χ2n) is 8.02. The number of benzene rings is 2. The van der Waals surface area contributed by atoms with Gasteiger partial charge in [0.05, 0.1) is 30.9 Å². The van der Waals surface area contributed by atoms with E-state index in [-0.39, 0.29) is 17.8 Å². The molecule has 0 saturated heterocycles. The van der Waals surface area contributed by atoms with Gasteiger partial charge in [-0.25, -0.2) is 14.1 Å². The molecule has 5 rings (SSSR count). The van der Waals surface area contributed by atoms with Crippen molar-refractivity contribution >= 4 is 23.8 Å². The molecule has 0 bridgehead atoms. The first kappa shape index (κ1) is 20.9. The summed E-state index contributed by atoms with van der Waals surface area (Å²) in [6.45, 7) is 2.63. The molecule has 33 heavy (non-hydrogen) atoms. The van der Waals surface area contributed by atoms with Crippen LogP contribution < -0.4 is 15.0 Å². The quantitative estimate of drug-likeness (QED) is 0.641. The van der Waals surface area contributed by atoms with Gasteiger partial charge in [0.25, 0.3) is 5.91 Å². The molecule has 0 radical (unpaired) electrons. The number of amides is 1. The molecule has 2 aromatic carbocycles. The van der Waals surface area contributed by atoms with E-state index in [1.54, 1.807) is 42.4 Å². The number of anilines is 2. The number of allylic oxidation sites excluding steroid dienone is 1. The van der Waals surface area contributed by atoms with Crippen LogP contribution in [0.2, 0.25) is 0 Å². The Balaban J connectivity index is 1.34. The number of carbonyl (C=O) groups is 1. The molecular weight excluding hydrogens is 423 g/mol. The lowest BCUT2D eigenvalue weighted by atomic mass is 10.1. The number of carbonyl (C=O) groups excluding carboxylic acids is 1. The standard InChI is InChI=1S/C24H23FN6O2/c1-15-11-12-30(14-26-15)20-8-5-17(13-22(20)33-2)24(32)27-23-21-10-9-19(31(21)29-28-23)16-3-6-18(25)7-4-16/h3-8,11,13-14,19H,9-10,12H2,1-2H3,(H,27,32). The molecule has 3 aromatic rings. The van der Waals surface area contributed by atoms with E-state index in [0.717, 1.165) is 29.1 Å². The number of halogens is 1. The maximum Gasteiger partial charge on any atom is 0.257 e. The normalized spacial score (nSPS) is 17.0. The predicted molar refractivity (Wildman–Crippen MR) is 123 cm³/mol. The van der Waals surface area contributed by atoms with E-state index < -0.39 is 0 Å². The SMILES string of the molecule is COc1cc(C(=O)Nc2nnn3c2CCC3c2ccc(F)cc2)ccc1N1C=NC(C)=CC1. The van der Waals surface area contributed by atoms with Gasteiger partial charge in [-0.05, 0) is 61.7 Å². The van der Waals surface area contributed by atoms with E-state index in [4.69, 9.17) is 4.74 Å². The molecule has 168 valence electrons. The van der Waals surface area contributed by atoms with Crippen molar-refractivity contribution in [1.29, 1.82) is 0 Å². The number of methoxy groups -OCH3 is 1. The van der Waals surface area contributed by atoms with E-state index in [0.29, 0.717) is 30.1 Å². The van der Waals surface area contributed by atoms with Gasteiger partial charge < -0.3 is 15.0 Å². The van der Waals surface area contributed by atoms with Gasteiger partial charge in [0.15, 0.2) is 5.82 Å². The Morgan fingerprint density at radius 3 is 2.76 bits per heavy atom. The van der Waals surface area contributed by atoms with Crippen LogP contribution >= 0.6 is 0 Å². The van der Waals surface area contributed by atoms with E-state index >= 15 is 0 Å². The number of fused-ring (bicyclic) bond motifs is 1. The first-order valence-electron chi connectivity index (χ1n) is 10.7. The summed E-state index contributed by atoms with van der Waals surface area (Å²) >= 11 is 0. The Morgan fingerprint density at radius 2 is 2.03 bits per heavy atom. The van der Waals surface area contributed by atoms with Crippen LogP contribution in [0.1, 0.15) is 41.0 Å². The van der Waals surface area contributed by atoms with Crippen LogP contribution in [0.5, 0.6) is 5.75 Å². The zero-order chi connectivity index (χ0) is 22.9. The molecular formula is C24H23FN6O2. The van der Waals surface area contributed by atoms with Crippen molar-refractivity contribution in [3.63, 3.8) is 0 Å². The van der Waals surface area contributed by atoms with Gasteiger partial charge >= 0.3 is 0 Å². The van der Waals surface area contributed by atoms with Crippen molar-refractivity contribution in [3.05, 3.63) is 76.9 Å². The topological polar surface area (TPSA) is 84.6 Å². The van der Waals surface area contributed by atoms with Crippen LogP contribution in [-0.4, -0.2) is 40.9 Å². The maximum absolute atomic E-state index is 13.3. The molecule has 1 atom stereocenters. The average Bonchev–Trinajstić information content (AvgIpc) is 3.43. The molecule has 0 aliphatic carbocycles. The predicted octanol–water partition coefficient (Wildman–Crippen LogP) is 3.97. The molecule has 1 aromatic heterocycles. The Morgan fingerprint density at radius 1 is 1.21 bits per heavy atom. The number of rotatable bonds is 5. The molecule has 0 spiro atoms. The summed E-state index contributed by atoms with van der Waals surface area (Å²) in [5.74, 6) is 0.448. The largest absolute Gasteiger partial charge is 0.495 e. The molecule has 0 fully saturated rings. The van der Waals surface area contributed by atoms with Crippen molar-refractivity contribution in [2.24, 2.45) is 4.99 Å². The first-order valence-corrected chi connectivity index (χ1v) is 10.7. The van der Waals surface area contributed by atoms with E-state index in [9.17, 15) is 9.18 Å². The highest BCUT2D eigenvalue weighted by Crippen LogP contribution is 2.34. The zero-order valence-electron chi connectivity index (χ0n) is 18.3. The van der Waals surface area contributed by atoms with Gasteiger partial charge in [-0.1, -0.05) is 17.3 Å². The van der Waals surface area contributed by atoms with Crippen molar-refractivity contribution in [2.45, 2.75) is 25.8 Å². The monoisotopic (exact) mass is 446 g/mol. The Kier molecular flexibility index (Phi) is 5.37. The lowest BCUT2D eigenvalue weighted by Crippen LogP contribution is -2.24. The summed E-state index contributed by atoms with van der Waals surface area (Å²) in [7, 11) is 1.57. The van der Waals surface area contributed by atoms with E-state index in [1.165, 1.54) is 12.1 Å². The van der Waals surface area contributed by atoms with Crippen LogP contribution in [-0.2, 0) is 6.42 Å². The fourth-order valence-electron chi connectivity index (χ4n) is 4.17. The van der Waals surface area contributed by atoms with Crippen molar-refractivity contribution in [1.82, 2.24) is 15.0 Å². The van der Waals surface area contributed by atoms with Gasteiger partial charge in [-0.15, -0.1) is 5.10 Å². The number of ether oxygens (including phenoxy) is 1. The highest BCUT2D eigenvalue weighted by molar-refractivity contribution is 6.05. The summed E-state index contributed by atoms with van der Waals surface area (Å²) in [5, 5.41) is 11.3. The zero-order valence-corrected chi connectivity index (χ0v) is 18.3. The summed E-state index contributed by atoms with van der Waals surface area (Å²) in [5.41, 5.74) is 4.06. The minimum atomic E-state index is -0.295. The Hall–Kier alpha value is -4.01. The minimum Gasteiger partial charge on any atom is -0.495 e. The molecule has 1 amide bonds. The molecule has 2 aliphatic rings. The fourth-order valence-corrected chi connectivity index (χ4v) is 4.17. The molecule has 0 saturated carbocycles. The molecule has 3 heterocycles. The molecule has 9 heteroatoms. The average molecular weight is 446 g/mol. The highest BCUT2D eigenvalue weighted by atomic mass is 19.1. The number of nitrogens with one attached hydrogen (secondary N) is 1. The minimum absolute atomic E-state index is 0.0259. The number of aromatic nitrogens is 3. The van der Waals surface area contributed by atoms with Crippen LogP contribution in [0.3, 0.4) is 0 Å². The van der Waals surface area contributed by atoms with E-state index in [1.807, 2.05) is 24.0 Å². The fraction of sp³-hybridized carbons (Fsp3) is 0.250. The highest BCUT2D eigenvalue weighted by Gasteiger charge is 2.29. The van der Waals surface area contributed by atoms with Crippen LogP contribution in [0.25, 0.3) is 0 Å². The lowest BCUT2D eigenvalue weighted by Gasteiger charge is -2.23. The third kappa shape index (κ3) is 3.97. The van der Waals surface area contributed by atoms with Crippen molar-refractivity contribution < 1.29 is 13.9 Å². The summed E-state index contributed by atoms with van der Waals surface area (Å²) in [4.78, 5) is 19.2. The van der Waals surface area contributed by atoms with Crippen molar-refractivity contribution in [2.75, 3.05) is 23.9 Å². The van der Waals surface area contributed by atoms with Gasteiger partial charge in [-0.3, -0.25) is 4.79 Å². The number of aliphatic imine (C=N–C) groups is 1. The number of nitrogens with zero attached hydrogens (tertiary/aromatic N) is 5. The number of hydrogen-bond donors (Lipinski definition) is 1. The lowest BCUT2D eigenvalue weighted by molar-refractivity contribution is 0.102. The van der Waals surface area contributed by atoms with Crippen LogP contribution in [0.15, 0.2) is 59.2 Å². The molecule has 2 aliphatic heterocycles. The van der Waals surface area contributed by atoms with Gasteiger partial charge in [0.2, 0.25) is 0 Å². The summed E-state index contributed by atoms with van der Waals surface area (Å²) in [6.07, 6.45) is 5.30. The molecule has 1 unspecified atom stereocenters. The Labute approximate surface area is 190 Å². The first-order chi connectivity index (χ1) is 16.0. The van der Waals surface area contributed by atoms with E-state index in [2.05, 4.69) is 20.6 Å². The van der Waals surface area contributed by atoms with Crippen LogP contribution in [0.4, 0.5) is 15.9 Å². The molecule has 1 N–H and O–H groups in total. The third-order valence-electron chi connectivity index (χ3n) is 5.96. The van der Waals surface area contributed by atoms with Crippen molar-refractivity contribution in [3.8, 4) is 5.75 Å². The van der Waals surface area contributed by atoms with Gasteiger partial charge in [-0.2, -0.15) is 0 Å². The third-order valence-corrected chi connectivity index (χ3v) is 5.96. The summed E-state index contributed by atoms with van der Waals surface area (Å²) in [6, 6.07) is 11.7. The smallest absolute Gasteiger partial charge is 0.257 e. The molecule has 8 nitrogen and oxygen atoms in total. The van der Waals surface area contributed by atoms with Gasteiger partial charge in [0, 0.05) is 17.8 Å². The number of hydrogen-bond acceptors (Lipinski definition) is 6. The Bertz CT molecular complexity index is 1260. The second-order valence-corrected chi connectivity index (χ2v) is 8.02.